The Balaban J connectivity index is 0.00000102. The fourth-order valence-electron chi connectivity index (χ4n) is 2.16. The summed E-state index contributed by atoms with van der Waals surface area (Å²) in [5, 5.41) is 0. The number of hydrogen-bond acceptors (Lipinski definition) is 1. The van der Waals surface area contributed by atoms with Gasteiger partial charge < -0.3 is 0 Å². The first kappa shape index (κ1) is 20.3. The van der Waals surface area contributed by atoms with E-state index in [4.69, 9.17) is 0 Å². The minimum Gasteiger partial charge on any atom is -0.256 e. The highest BCUT2D eigenvalue weighted by Crippen LogP contribution is 2.33. The van der Waals surface area contributed by atoms with Crippen LogP contribution in [0.5, 0.6) is 0 Å². The van der Waals surface area contributed by atoms with E-state index in [-0.39, 0.29) is 5.82 Å². The third-order valence-corrected chi connectivity index (χ3v) is 3.33. The molecule has 122 valence electrons. The second kappa shape index (κ2) is 10.9. The molecular weight excluding hydrogens is 273 g/mol. The Morgan fingerprint density at radius 3 is 2.23 bits per heavy atom. The molecule has 1 unspecified atom stereocenters. The molecule has 1 heterocycles. The van der Waals surface area contributed by atoms with Gasteiger partial charge in [-0.1, -0.05) is 53.7 Å². The molecule has 0 bridgehead atoms. The fraction of sp³-hybridized carbons (Fsp3) is 0.450. The number of hydrogen-bond donors (Lipinski definition) is 0. The van der Waals surface area contributed by atoms with Gasteiger partial charge in [0.05, 0.1) is 5.69 Å². The van der Waals surface area contributed by atoms with Crippen molar-refractivity contribution in [1.29, 1.82) is 0 Å². The predicted octanol–water partition coefficient (Wildman–Crippen LogP) is 6.76. The van der Waals surface area contributed by atoms with E-state index in [2.05, 4.69) is 24.9 Å². The SMILES string of the molecule is CC.CC.CCC(C)c1cc(C)cc(F)c1-c1ccccn1. The van der Waals surface area contributed by atoms with Crippen LogP contribution in [0.2, 0.25) is 0 Å². The molecule has 0 saturated carbocycles. The van der Waals surface area contributed by atoms with Gasteiger partial charge >= 0.3 is 0 Å². The highest BCUT2D eigenvalue weighted by Gasteiger charge is 2.16. The molecule has 0 radical (unpaired) electrons. The van der Waals surface area contributed by atoms with E-state index in [1.807, 2.05) is 52.8 Å². The van der Waals surface area contributed by atoms with Gasteiger partial charge in [-0.3, -0.25) is 4.98 Å². The number of halogens is 1. The Hall–Kier alpha value is -1.70. The van der Waals surface area contributed by atoms with Crippen molar-refractivity contribution in [3.8, 4) is 11.3 Å². The minimum atomic E-state index is -0.177. The number of aromatic nitrogens is 1. The van der Waals surface area contributed by atoms with E-state index in [9.17, 15) is 4.39 Å². The number of aryl methyl sites for hydroxylation is 1. The van der Waals surface area contributed by atoms with Crippen molar-refractivity contribution in [3.63, 3.8) is 0 Å². The third-order valence-electron chi connectivity index (χ3n) is 3.33. The zero-order valence-corrected chi connectivity index (χ0v) is 15.1. The Bertz CT molecular complexity index is 535. The minimum absolute atomic E-state index is 0.177. The summed E-state index contributed by atoms with van der Waals surface area (Å²) in [5.74, 6) is 0.153. The average molecular weight is 303 g/mol. The van der Waals surface area contributed by atoms with Crippen molar-refractivity contribution in [2.24, 2.45) is 0 Å². The Labute approximate surface area is 135 Å². The molecule has 1 atom stereocenters. The molecule has 0 spiro atoms. The molecule has 0 N–H and O–H groups in total. The maximum Gasteiger partial charge on any atom is 0.133 e. The summed E-state index contributed by atoms with van der Waals surface area (Å²) >= 11 is 0. The van der Waals surface area contributed by atoms with E-state index < -0.39 is 0 Å². The van der Waals surface area contributed by atoms with Crippen molar-refractivity contribution < 1.29 is 4.39 Å². The van der Waals surface area contributed by atoms with Crippen LogP contribution in [0.3, 0.4) is 0 Å². The van der Waals surface area contributed by atoms with Gasteiger partial charge in [-0.05, 0) is 48.6 Å². The standard InChI is InChI=1S/C16H18FN.2C2H6/c1-4-12(3)13-9-11(2)10-14(17)16(13)15-7-5-6-8-18-15;2*1-2/h5-10,12H,4H2,1-3H3;2*1-2H3. The van der Waals surface area contributed by atoms with E-state index in [0.29, 0.717) is 17.2 Å². The summed E-state index contributed by atoms with van der Waals surface area (Å²) in [5.41, 5.74) is 3.37. The molecule has 1 aromatic carbocycles. The average Bonchev–Trinajstić information content (AvgIpc) is 2.58. The molecule has 0 aliphatic heterocycles. The fourth-order valence-corrected chi connectivity index (χ4v) is 2.16. The molecule has 0 saturated heterocycles. The molecule has 2 rings (SSSR count). The van der Waals surface area contributed by atoms with E-state index in [1.54, 1.807) is 12.3 Å². The van der Waals surface area contributed by atoms with Gasteiger partial charge in [-0.2, -0.15) is 0 Å². The summed E-state index contributed by atoms with van der Waals surface area (Å²) in [7, 11) is 0. The molecule has 0 amide bonds. The van der Waals surface area contributed by atoms with Crippen LogP contribution in [0.4, 0.5) is 4.39 Å². The maximum absolute atomic E-state index is 14.3. The van der Waals surface area contributed by atoms with Crippen LogP contribution in [-0.2, 0) is 0 Å². The van der Waals surface area contributed by atoms with Gasteiger partial charge in [0.2, 0.25) is 0 Å². The van der Waals surface area contributed by atoms with Gasteiger partial charge in [-0.15, -0.1) is 0 Å². The van der Waals surface area contributed by atoms with E-state index in [0.717, 1.165) is 17.5 Å². The van der Waals surface area contributed by atoms with Crippen LogP contribution >= 0.6 is 0 Å². The number of nitrogens with zero attached hydrogens (tertiary/aromatic N) is 1. The third kappa shape index (κ3) is 5.25. The monoisotopic (exact) mass is 303 g/mol. The first-order valence-electron chi connectivity index (χ1n) is 8.35. The quantitative estimate of drug-likeness (QED) is 0.610. The van der Waals surface area contributed by atoms with Gasteiger partial charge in [0, 0.05) is 11.8 Å². The zero-order chi connectivity index (χ0) is 17.1. The molecule has 1 nitrogen and oxygen atoms in total. The van der Waals surface area contributed by atoms with Gasteiger partial charge in [0.15, 0.2) is 0 Å². The highest BCUT2D eigenvalue weighted by atomic mass is 19.1. The summed E-state index contributed by atoms with van der Waals surface area (Å²) < 4.78 is 14.3. The number of pyridine rings is 1. The number of benzene rings is 1. The molecule has 0 aliphatic carbocycles. The van der Waals surface area contributed by atoms with Crippen LogP contribution in [0.15, 0.2) is 36.5 Å². The lowest BCUT2D eigenvalue weighted by Gasteiger charge is -2.16. The zero-order valence-electron chi connectivity index (χ0n) is 15.1. The van der Waals surface area contributed by atoms with E-state index >= 15 is 0 Å². The molecule has 2 heteroatoms. The van der Waals surface area contributed by atoms with Gasteiger partial charge in [-0.25, -0.2) is 4.39 Å². The van der Waals surface area contributed by atoms with Crippen molar-refractivity contribution in [3.05, 3.63) is 53.5 Å². The Morgan fingerprint density at radius 2 is 1.73 bits per heavy atom. The molecule has 22 heavy (non-hydrogen) atoms. The van der Waals surface area contributed by atoms with Crippen molar-refractivity contribution in [2.45, 2.75) is 60.8 Å². The van der Waals surface area contributed by atoms with Gasteiger partial charge in [0.1, 0.15) is 5.82 Å². The van der Waals surface area contributed by atoms with Crippen LogP contribution in [-0.4, -0.2) is 4.98 Å². The summed E-state index contributed by atoms with van der Waals surface area (Å²) in [6.07, 6.45) is 2.69. The molecule has 0 fully saturated rings. The molecular formula is C20H30FN. The molecule has 1 aromatic heterocycles. The lowest BCUT2D eigenvalue weighted by atomic mass is 9.90. The van der Waals surface area contributed by atoms with Crippen LogP contribution in [0.1, 0.15) is 65.0 Å². The van der Waals surface area contributed by atoms with Crippen LogP contribution in [0, 0.1) is 12.7 Å². The second-order valence-electron chi connectivity index (χ2n) is 4.74. The first-order chi connectivity index (χ1) is 10.6. The van der Waals surface area contributed by atoms with Crippen LogP contribution < -0.4 is 0 Å². The summed E-state index contributed by atoms with van der Waals surface area (Å²) in [6.45, 7) is 14.2. The Kier molecular flexibility index (Phi) is 10.1. The van der Waals surface area contributed by atoms with Crippen molar-refractivity contribution in [2.75, 3.05) is 0 Å². The maximum atomic E-state index is 14.3. The summed E-state index contributed by atoms with van der Waals surface area (Å²) in [6, 6.07) is 9.25. The smallest absolute Gasteiger partial charge is 0.133 e. The van der Waals surface area contributed by atoms with Gasteiger partial charge in [0.25, 0.3) is 0 Å². The normalized spacial score (nSPS) is 10.7. The highest BCUT2D eigenvalue weighted by molar-refractivity contribution is 5.65. The molecule has 2 aromatic rings. The van der Waals surface area contributed by atoms with Crippen LogP contribution in [0.25, 0.3) is 11.3 Å². The predicted molar refractivity (Wildman–Crippen MR) is 95.8 cm³/mol. The van der Waals surface area contributed by atoms with E-state index in [1.165, 1.54) is 0 Å². The first-order valence-corrected chi connectivity index (χ1v) is 8.35. The molecule has 0 aliphatic rings. The lowest BCUT2D eigenvalue weighted by Crippen LogP contribution is -2.00. The van der Waals surface area contributed by atoms with Crippen molar-refractivity contribution >= 4 is 0 Å². The summed E-state index contributed by atoms with van der Waals surface area (Å²) in [4.78, 5) is 4.28. The second-order valence-corrected chi connectivity index (χ2v) is 4.74. The topological polar surface area (TPSA) is 12.9 Å². The lowest BCUT2D eigenvalue weighted by molar-refractivity contribution is 0.622. The van der Waals surface area contributed by atoms with Crippen molar-refractivity contribution in [1.82, 2.24) is 4.98 Å². The Morgan fingerprint density at radius 1 is 1.09 bits per heavy atom. The number of rotatable bonds is 3. The largest absolute Gasteiger partial charge is 0.256 e.